The van der Waals surface area contributed by atoms with Crippen LogP contribution in [0.1, 0.15) is 17.4 Å². The molecule has 0 aromatic carbocycles. The Balaban J connectivity index is 2.46. The third-order valence-corrected chi connectivity index (χ3v) is 2.81. The van der Waals surface area contributed by atoms with Crippen LogP contribution < -0.4 is 10.6 Å². The fraction of sp³-hybridized carbons (Fsp3) is 0.273. The van der Waals surface area contributed by atoms with Gasteiger partial charge in [0.05, 0.1) is 6.54 Å². The fourth-order valence-corrected chi connectivity index (χ4v) is 1.93. The molecule has 0 aliphatic heterocycles. The minimum atomic E-state index is -0.974. The van der Waals surface area contributed by atoms with Crippen LogP contribution in [0.25, 0.3) is 6.08 Å². The van der Waals surface area contributed by atoms with Crippen LogP contribution in [0.3, 0.4) is 0 Å². The van der Waals surface area contributed by atoms with Crippen molar-refractivity contribution < 1.29 is 14.7 Å². The third-order valence-electron chi connectivity index (χ3n) is 1.85. The van der Waals surface area contributed by atoms with Gasteiger partial charge in [0, 0.05) is 17.5 Å². The van der Waals surface area contributed by atoms with E-state index in [1.165, 1.54) is 17.4 Å². The van der Waals surface area contributed by atoms with Crippen molar-refractivity contribution in [3.05, 3.63) is 28.0 Å². The van der Waals surface area contributed by atoms with Gasteiger partial charge in [-0.3, -0.25) is 0 Å². The highest BCUT2D eigenvalue weighted by atomic mass is 32.1. The quantitative estimate of drug-likeness (QED) is 0.699. The minimum Gasteiger partial charge on any atom is -0.478 e. The fourth-order valence-electron chi connectivity index (χ4n) is 1.14. The first kappa shape index (κ1) is 13.2. The number of amides is 2. The Bertz CT molecular complexity index is 426. The number of hydrogen-bond donors (Lipinski definition) is 3. The number of nitrogens with one attached hydrogen (secondary N) is 2. The van der Waals surface area contributed by atoms with E-state index in [1.807, 2.05) is 18.4 Å². The molecule has 1 rings (SSSR count). The molecule has 92 valence electrons. The molecule has 1 aromatic rings. The standard InChI is InChI=1S/C11H14N2O3S/c1-2-12-11(16)13-6-9-5-8(7-17-9)3-4-10(14)15/h3-5,7H,2,6H2,1H3,(H,14,15)(H2,12,13,16). The van der Waals surface area contributed by atoms with Crippen molar-refractivity contribution in [3.8, 4) is 0 Å². The van der Waals surface area contributed by atoms with Gasteiger partial charge in [0.2, 0.25) is 0 Å². The average molecular weight is 254 g/mol. The van der Waals surface area contributed by atoms with Crippen LogP contribution in [0, 0.1) is 0 Å². The smallest absolute Gasteiger partial charge is 0.328 e. The first-order chi connectivity index (χ1) is 8.11. The molecule has 0 aliphatic carbocycles. The van der Waals surface area contributed by atoms with Crippen LogP contribution in [-0.4, -0.2) is 23.7 Å². The second kappa shape index (κ2) is 6.70. The molecule has 0 fully saturated rings. The number of carboxylic acids is 1. The molecule has 5 nitrogen and oxygen atoms in total. The number of carbonyl (C=O) groups is 2. The summed E-state index contributed by atoms with van der Waals surface area (Å²) < 4.78 is 0. The van der Waals surface area contributed by atoms with Crippen LogP contribution >= 0.6 is 11.3 Å². The van der Waals surface area contributed by atoms with Crippen LogP contribution in [0.4, 0.5) is 4.79 Å². The van der Waals surface area contributed by atoms with Crippen LogP contribution in [-0.2, 0) is 11.3 Å². The number of hydrogen-bond acceptors (Lipinski definition) is 3. The maximum atomic E-state index is 11.1. The number of urea groups is 1. The predicted molar refractivity (Wildman–Crippen MR) is 66.9 cm³/mol. The molecule has 0 spiro atoms. The highest BCUT2D eigenvalue weighted by Crippen LogP contribution is 2.15. The largest absolute Gasteiger partial charge is 0.478 e. The summed E-state index contributed by atoms with van der Waals surface area (Å²) in [6.07, 6.45) is 2.61. The highest BCUT2D eigenvalue weighted by molar-refractivity contribution is 7.10. The summed E-state index contributed by atoms with van der Waals surface area (Å²) in [6.45, 7) is 2.87. The molecule has 0 saturated heterocycles. The Hall–Kier alpha value is -1.82. The van der Waals surface area contributed by atoms with E-state index in [0.717, 1.165) is 16.5 Å². The van der Waals surface area contributed by atoms with E-state index in [0.29, 0.717) is 13.1 Å². The van der Waals surface area contributed by atoms with Gasteiger partial charge in [0.25, 0.3) is 0 Å². The molecule has 0 atom stereocenters. The summed E-state index contributed by atoms with van der Waals surface area (Å²) in [5.41, 5.74) is 0.824. The van der Waals surface area contributed by atoms with E-state index < -0.39 is 5.97 Å². The molecule has 2 amide bonds. The van der Waals surface area contributed by atoms with E-state index in [4.69, 9.17) is 5.11 Å². The van der Waals surface area contributed by atoms with Crippen molar-refractivity contribution in [2.75, 3.05) is 6.54 Å². The summed E-state index contributed by atoms with van der Waals surface area (Å²) >= 11 is 1.47. The van der Waals surface area contributed by atoms with Crippen molar-refractivity contribution in [1.29, 1.82) is 0 Å². The van der Waals surface area contributed by atoms with E-state index in [9.17, 15) is 9.59 Å². The van der Waals surface area contributed by atoms with E-state index in [1.54, 1.807) is 0 Å². The van der Waals surface area contributed by atoms with Gasteiger partial charge in [-0.05, 0) is 30.0 Å². The normalized spacial score (nSPS) is 10.4. The second-order valence-corrected chi connectivity index (χ2v) is 4.23. The molecule has 0 aliphatic rings. The Kier molecular flexibility index (Phi) is 5.22. The SMILES string of the molecule is CCNC(=O)NCc1cc(C=CC(=O)O)cs1. The molecule has 0 radical (unpaired) electrons. The Morgan fingerprint density at radius 3 is 2.88 bits per heavy atom. The zero-order valence-corrected chi connectivity index (χ0v) is 10.2. The average Bonchev–Trinajstić information content (AvgIpc) is 2.72. The van der Waals surface area contributed by atoms with Gasteiger partial charge in [-0.1, -0.05) is 0 Å². The second-order valence-electron chi connectivity index (χ2n) is 3.23. The van der Waals surface area contributed by atoms with Crippen molar-refractivity contribution in [1.82, 2.24) is 10.6 Å². The first-order valence-corrected chi connectivity index (χ1v) is 6.00. The number of carbonyl (C=O) groups excluding carboxylic acids is 1. The van der Waals surface area contributed by atoms with Crippen LogP contribution in [0.5, 0.6) is 0 Å². The van der Waals surface area contributed by atoms with Gasteiger partial charge in [-0.25, -0.2) is 9.59 Å². The maximum Gasteiger partial charge on any atom is 0.328 e. The van der Waals surface area contributed by atoms with E-state index in [-0.39, 0.29) is 6.03 Å². The lowest BCUT2D eigenvalue weighted by Gasteiger charge is -2.03. The summed E-state index contributed by atoms with van der Waals surface area (Å²) in [4.78, 5) is 22.4. The van der Waals surface area contributed by atoms with Gasteiger partial charge >= 0.3 is 12.0 Å². The number of rotatable bonds is 5. The van der Waals surface area contributed by atoms with Crippen LogP contribution in [0.15, 0.2) is 17.5 Å². The monoisotopic (exact) mass is 254 g/mol. The van der Waals surface area contributed by atoms with E-state index in [2.05, 4.69) is 10.6 Å². The molecule has 1 aromatic heterocycles. The summed E-state index contributed by atoms with van der Waals surface area (Å²) in [6, 6.07) is 1.64. The van der Waals surface area contributed by atoms with Gasteiger partial charge < -0.3 is 15.7 Å². The topological polar surface area (TPSA) is 78.4 Å². The zero-order valence-electron chi connectivity index (χ0n) is 9.40. The Morgan fingerprint density at radius 1 is 1.47 bits per heavy atom. The lowest BCUT2D eigenvalue weighted by Crippen LogP contribution is -2.34. The van der Waals surface area contributed by atoms with Crippen molar-refractivity contribution in [2.45, 2.75) is 13.5 Å². The highest BCUT2D eigenvalue weighted by Gasteiger charge is 2.01. The molecule has 3 N–H and O–H groups in total. The Labute approximate surface area is 103 Å². The lowest BCUT2D eigenvalue weighted by atomic mass is 10.3. The number of thiophene rings is 1. The minimum absolute atomic E-state index is 0.205. The number of aliphatic carboxylic acids is 1. The third kappa shape index (κ3) is 5.17. The van der Waals surface area contributed by atoms with Crippen molar-refractivity contribution in [2.24, 2.45) is 0 Å². The molecule has 0 saturated carbocycles. The first-order valence-electron chi connectivity index (χ1n) is 5.12. The predicted octanol–water partition coefficient (Wildman–Crippen LogP) is 1.66. The van der Waals surface area contributed by atoms with Crippen LogP contribution in [0.2, 0.25) is 0 Å². The molecule has 17 heavy (non-hydrogen) atoms. The summed E-state index contributed by atoms with van der Waals surface area (Å²) in [5, 5.41) is 15.6. The maximum absolute atomic E-state index is 11.1. The van der Waals surface area contributed by atoms with Crippen molar-refractivity contribution in [3.63, 3.8) is 0 Å². The molecular weight excluding hydrogens is 240 g/mol. The van der Waals surface area contributed by atoms with Gasteiger partial charge in [0.1, 0.15) is 0 Å². The summed E-state index contributed by atoms with van der Waals surface area (Å²) in [5.74, 6) is -0.974. The molecule has 0 unspecified atom stereocenters. The van der Waals surface area contributed by atoms with Gasteiger partial charge in [-0.2, -0.15) is 0 Å². The Morgan fingerprint density at radius 2 is 2.24 bits per heavy atom. The lowest BCUT2D eigenvalue weighted by molar-refractivity contribution is -0.131. The molecule has 1 heterocycles. The number of carboxylic acid groups (broad SMARTS) is 1. The van der Waals surface area contributed by atoms with E-state index >= 15 is 0 Å². The molecular formula is C11H14N2O3S. The zero-order chi connectivity index (χ0) is 12.7. The van der Waals surface area contributed by atoms with Crippen molar-refractivity contribution >= 4 is 29.4 Å². The van der Waals surface area contributed by atoms with Gasteiger partial charge in [0.15, 0.2) is 0 Å². The van der Waals surface area contributed by atoms with Gasteiger partial charge in [-0.15, -0.1) is 11.3 Å². The molecule has 0 bridgehead atoms. The summed E-state index contributed by atoms with van der Waals surface area (Å²) in [7, 11) is 0. The molecule has 6 heteroatoms.